The quantitative estimate of drug-likeness (QED) is 0.354. The van der Waals surface area contributed by atoms with E-state index in [1.807, 2.05) is 0 Å². The summed E-state index contributed by atoms with van der Waals surface area (Å²) in [5.74, 6) is 0. The molecule has 3 nitrogen and oxygen atoms in total. The Morgan fingerprint density at radius 1 is 1.05 bits per heavy atom. The Kier molecular flexibility index (Phi) is 9.42. The Hall–Kier alpha value is -0.170. The number of rotatable bonds is 10. The number of hydrogen-bond donors (Lipinski definition) is 0. The van der Waals surface area contributed by atoms with E-state index in [0.717, 1.165) is 24.1 Å². The van der Waals surface area contributed by atoms with Crippen LogP contribution in [0.1, 0.15) is 23.7 Å². The fourth-order valence-electron chi connectivity index (χ4n) is 1.67. The fourth-order valence-corrected chi connectivity index (χ4v) is 2.43. The van der Waals surface area contributed by atoms with Gasteiger partial charge in [0.2, 0.25) is 0 Å². The van der Waals surface area contributed by atoms with Crippen molar-refractivity contribution in [3.63, 3.8) is 0 Å². The second-order valence-corrected chi connectivity index (χ2v) is 5.26. The third kappa shape index (κ3) is 7.25. The maximum absolute atomic E-state index is 5.86. The Morgan fingerprint density at radius 2 is 1.79 bits per heavy atom. The van der Waals surface area contributed by atoms with Gasteiger partial charge in [-0.1, -0.05) is 52.4 Å². The van der Waals surface area contributed by atoms with Crippen LogP contribution in [-0.2, 0) is 14.2 Å². The molecule has 4 heteroatoms. The van der Waals surface area contributed by atoms with E-state index >= 15 is 0 Å². The van der Waals surface area contributed by atoms with Gasteiger partial charge in [0.15, 0.2) is 0 Å². The summed E-state index contributed by atoms with van der Waals surface area (Å²) in [6.45, 7) is 4.85. The summed E-state index contributed by atoms with van der Waals surface area (Å²) in [5, 5.41) is 0. The highest BCUT2D eigenvalue weighted by Crippen LogP contribution is 2.20. The molecule has 0 saturated carbocycles. The minimum Gasteiger partial charge on any atom is -0.385 e. The van der Waals surface area contributed by atoms with Gasteiger partial charge < -0.3 is 14.2 Å². The lowest BCUT2D eigenvalue weighted by molar-refractivity contribution is 0.0104. The van der Waals surface area contributed by atoms with Crippen molar-refractivity contribution in [2.24, 2.45) is 0 Å². The average molecular weight is 378 g/mol. The van der Waals surface area contributed by atoms with Crippen LogP contribution in [0.2, 0.25) is 0 Å². The third-order valence-corrected chi connectivity index (χ3v) is 3.57. The lowest BCUT2D eigenvalue weighted by Gasteiger charge is -2.16. The smallest absolute Gasteiger partial charge is 0.0915 e. The lowest BCUT2D eigenvalue weighted by Crippen LogP contribution is -2.12. The first-order chi connectivity index (χ1) is 9.27. The second kappa shape index (κ2) is 10.6. The summed E-state index contributed by atoms with van der Waals surface area (Å²) < 4.78 is 17.2. The van der Waals surface area contributed by atoms with E-state index in [4.69, 9.17) is 14.2 Å². The first kappa shape index (κ1) is 16.9. The van der Waals surface area contributed by atoms with Gasteiger partial charge in [-0.25, -0.2) is 0 Å². The van der Waals surface area contributed by atoms with Crippen LogP contribution in [0.4, 0.5) is 0 Å². The van der Waals surface area contributed by atoms with Crippen molar-refractivity contribution < 1.29 is 14.2 Å². The summed E-state index contributed by atoms with van der Waals surface area (Å²) in [4.78, 5) is 0. The molecule has 1 rings (SSSR count). The number of halogens is 1. The van der Waals surface area contributed by atoms with Gasteiger partial charge in [0.05, 0.1) is 19.3 Å². The molecule has 0 radical (unpaired) electrons. The summed E-state index contributed by atoms with van der Waals surface area (Å²) >= 11 is 2.36. The molecule has 0 N–H and O–H groups in total. The van der Waals surface area contributed by atoms with Crippen LogP contribution in [0.15, 0.2) is 24.3 Å². The van der Waals surface area contributed by atoms with Gasteiger partial charge >= 0.3 is 0 Å². The summed E-state index contributed by atoms with van der Waals surface area (Å²) in [5.41, 5.74) is 2.51. The highest BCUT2D eigenvalue weighted by molar-refractivity contribution is 14.1. The summed E-state index contributed by atoms with van der Waals surface area (Å²) in [6.07, 6.45) is 1.09. The molecule has 1 unspecified atom stereocenters. The van der Waals surface area contributed by atoms with Gasteiger partial charge in [-0.3, -0.25) is 0 Å². The number of ether oxygens (including phenoxy) is 3. The summed E-state index contributed by atoms with van der Waals surface area (Å²) in [7, 11) is 1.70. The van der Waals surface area contributed by atoms with Crippen LogP contribution in [0.25, 0.3) is 0 Å². The van der Waals surface area contributed by atoms with Crippen molar-refractivity contribution >= 4 is 22.6 Å². The molecule has 1 aromatic rings. The monoisotopic (exact) mass is 378 g/mol. The van der Waals surface area contributed by atoms with Crippen molar-refractivity contribution in [2.45, 2.75) is 19.4 Å². The predicted molar refractivity (Wildman–Crippen MR) is 86.1 cm³/mol. The number of benzene rings is 1. The number of methoxy groups -OCH3 is 1. The van der Waals surface area contributed by atoms with E-state index in [1.165, 1.54) is 11.1 Å². The topological polar surface area (TPSA) is 27.7 Å². The van der Waals surface area contributed by atoms with Crippen molar-refractivity contribution in [1.82, 2.24) is 0 Å². The van der Waals surface area contributed by atoms with E-state index in [2.05, 4.69) is 53.8 Å². The fraction of sp³-hybridized carbons (Fsp3) is 0.600. The first-order valence-corrected chi connectivity index (χ1v) is 8.11. The zero-order valence-corrected chi connectivity index (χ0v) is 13.9. The molecule has 0 aromatic heterocycles. The van der Waals surface area contributed by atoms with E-state index in [-0.39, 0.29) is 6.10 Å². The van der Waals surface area contributed by atoms with Crippen molar-refractivity contribution in [1.29, 1.82) is 0 Å². The largest absolute Gasteiger partial charge is 0.385 e. The van der Waals surface area contributed by atoms with Gasteiger partial charge in [-0.15, -0.1) is 0 Å². The zero-order chi connectivity index (χ0) is 13.9. The maximum Gasteiger partial charge on any atom is 0.0915 e. The molecule has 0 spiro atoms. The third-order valence-electron chi connectivity index (χ3n) is 2.77. The van der Waals surface area contributed by atoms with Gasteiger partial charge in [-0.2, -0.15) is 0 Å². The highest BCUT2D eigenvalue weighted by Gasteiger charge is 2.09. The molecule has 0 fully saturated rings. The van der Waals surface area contributed by atoms with Crippen LogP contribution in [0.5, 0.6) is 0 Å². The molecule has 19 heavy (non-hydrogen) atoms. The standard InChI is InChI=1S/C15H23IO3/c1-13-4-6-14(7-5-13)15(12-16)19-11-10-18-9-3-8-17-2/h4-7,15H,3,8-12H2,1-2H3. The van der Waals surface area contributed by atoms with Crippen molar-refractivity contribution in [3.8, 4) is 0 Å². The molecule has 108 valence electrons. The minimum atomic E-state index is 0.156. The minimum absolute atomic E-state index is 0.156. The Bertz CT molecular complexity index is 327. The predicted octanol–water partition coefficient (Wildman–Crippen LogP) is 3.54. The molecule has 1 atom stereocenters. The molecule has 0 aliphatic rings. The summed E-state index contributed by atoms with van der Waals surface area (Å²) in [6, 6.07) is 8.52. The van der Waals surface area contributed by atoms with Crippen LogP contribution in [0, 0.1) is 6.92 Å². The molecular formula is C15H23IO3. The highest BCUT2D eigenvalue weighted by atomic mass is 127. The van der Waals surface area contributed by atoms with E-state index < -0.39 is 0 Å². The first-order valence-electron chi connectivity index (χ1n) is 6.58. The molecule has 0 amide bonds. The molecule has 0 heterocycles. The number of hydrogen-bond acceptors (Lipinski definition) is 3. The van der Waals surface area contributed by atoms with Gasteiger partial charge in [0.1, 0.15) is 0 Å². The van der Waals surface area contributed by atoms with Gasteiger partial charge in [0.25, 0.3) is 0 Å². The molecular weight excluding hydrogens is 355 g/mol. The zero-order valence-electron chi connectivity index (χ0n) is 11.7. The van der Waals surface area contributed by atoms with E-state index in [9.17, 15) is 0 Å². The Labute approximate surface area is 129 Å². The molecule has 0 aliphatic heterocycles. The van der Waals surface area contributed by atoms with E-state index in [0.29, 0.717) is 13.2 Å². The Morgan fingerprint density at radius 3 is 2.42 bits per heavy atom. The maximum atomic E-state index is 5.86. The SMILES string of the molecule is COCCCOCCOC(CI)c1ccc(C)cc1. The van der Waals surface area contributed by atoms with Crippen LogP contribution >= 0.6 is 22.6 Å². The normalized spacial score (nSPS) is 12.6. The molecule has 0 bridgehead atoms. The molecule has 0 aliphatic carbocycles. The second-order valence-electron chi connectivity index (χ2n) is 4.38. The Balaban J connectivity index is 2.20. The number of aryl methyl sites for hydroxylation is 1. The van der Waals surface area contributed by atoms with Crippen LogP contribution in [0.3, 0.4) is 0 Å². The molecule has 0 saturated heterocycles. The van der Waals surface area contributed by atoms with E-state index in [1.54, 1.807) is 7.11 Å². The average Bonchev–Trinajstić information content (AvgIpc) is 2.43. The number of alkyl halides is 1. The van der Waals surface area contributed by atoms with Crippen LogP contribution in [-0.4, -0.2) is 38.0 Å². The van der Waals surface area contributed by atoms with Crippen molar-refractivity contribution in [3.05, 3.63) is 35.4 Å². The molecule has 1 aromatic carbocycles. The van der Waals surface area contributed by atoms with Gasteiger partial charge in [-0.05, 0) is 18.9 Å². The lowest BCUT2D eigenvalue weighted by atomic mass is 10.1. The van der Waals surface area contributed by atoms with Crippen LogP contribution < -0.4 is 0 Å². The van der Waals surface area contributed by atoms with Gasteiger partial charge in [0, 0.05) is 24.8 Å². The van der Waals surface area contributed by atoms with Crippen molar-refractivity contribution in [2.75, 3.05) is 38.0 Å².